The van der Waals surface area contributed by atoms with E-state index in [1.54, 1.807) is 0 Å². The summed E-state index contributed by atoms with van der Waals surface area (Å²) in [6, 6.07) is 59.9. The van der Waals surface area contributed by atoms with Crippen molar-refractivity contribution < 1.29 is 14.3 Å². The fraction of sp³-hybridized carbons (Fsp3) is 0.0526. The molecule has 6 aromatic carbocycles. The van der Waals surface area contributed by atoms with Gasteiger partial charge in [0, 0.05) is 0 Å². The number of hydrogen-bond acceptors (Lipinski definition) is 3. The Bertz CT molecular complexity index is 1340. The molecule has 0 bridgehead atoms. The molecule has 0 aromatic heterocycles. The molecule has 6 aromatic rings. The summed E-state index contributed by atoms with van der Waals surface area (Å²) in [5.74, 6) is 0. The van der Waals surface area contributed by atoms with Crippen LogP contribution in [0.3, 0.4) is 0 Å². The van der Waals surface area contributed by atoms with E-state index in [0.29, 0.717) is 0 Å². The summed E-state index contributed by atoms with van der Waals surface area (Å²) in [6.07, 6.45) is 0. The molecule has 1 N–H and O–H groups in total. The Balaban J connectivity index is 1.54. The topological polar surface area (TPSA) is 38.7 Å². The lowest BCUT2D eigenvalue weighted by atomic mass is 9.77. The van der Waals surface area contributed by atoms with Crippen molar-refractivity contribution in [3.05, 3.63) is 215 Å². The van der Waals surface area contributed by atoms with Crippen LogP contribution >= 0.6 is 0 Å². The molecule has 0 fully saturated rings. The Morgan fingerprint density at radius 2 is 0.476 bits per heavy atom. The van der Waals surface area contributed by atoms with Crippen molar-refractivity contribution >= 4 is 7.32 Å². The number of rotatable bonds is 10. The van der Waals surface area contributed by atoms with Crippen molar-refractivity contribution in [1.29, 1.82) is 0 Å². The standard InChI is InChI=1S/C38H31BO3/c40-39(41-37(31-19-7-1-8-20-31,32-21-9-2-10-22-32)33-23-11-3-12-24-33)42-38(34-25-13-4-14-26-34,35-27-15-5-16-28-35)36-29-17-6-18-30-36/h1-30,40H. The average molecular weight is 546 g/mol. The van der Waals surface area contributed by atoms with E-state index in [1.807, 2.05) is 182 Å². The van der Waals surface area contributed by atoms with Crippen LogP contribution in [0.5, 0.6) is 0 Å². The summed E-state index contributed by atoms with van der Waals surface area (Å²) >= 11 is 0. The molecule has 0 saturated carbocycles. The lowest BCUT2D eigenvalue weighted by molar-refractivity contribution is 0.0131. The van der Waals surface area contributed by atoms with Crippen molar-refractivity contribution in [1.82, 2.24) is 0 Å². The van der Waals surface area contributed by atoms with Gasteiger partial charge in [0.2, 0.25) is 0 Å². The Kier molecular flexibility index (Phi) is 8.11. The zero-order valence-corrected chi connectivity index (χ0v) is 23.2. The molecule has 0 spiro atoms. The summed E-state index contributed by atoms with van der Waals surface area (Å²) in [7, 11) is -1.65. The maximum absolute atomic E-state index is 12.0. The first-order valence-corrected chi connectivity index (χ1v) is 14.1. The summed E-state index contributed by atoms with van der Waals surface area (Å²) in [5, 5.41) is 12.0. The molecule has 0 saturated heterocycles. The Morgan fingerprint density at radius 1 is 0.310 bits per heavy atom. The van der Waals surface area contributed by atoms with Crippen LogP contribution in [0.2, 0.25) is 0 Å². The third-order valence-electron chi connectivity index (χ3n) is 7.64. The van der Waals surface area contributed by atoms with E-state index < -0.39 is 18.5 Å². The van der Waals surface area contributed by atoms with Crippen molar-refractivity contribution in [2.75, 3.05) is 0 Å². The van der Waals surface area contributed by atoms with E-state index in [0.717, 1.165) is 33.4 Å². The van der Waals surface area contributed by atoms with E-state index in [9.17, 15) is 5.02 Å². The van der Waals surface area contributed by atoms with E-state index in [-0.39, 0.29) is 0 Å². The predicted octanol–water partition coefficient (Wildman–Crippen LogP) is 7.98. The first-order chi connectivity index (χ1) is 20.7. The van der Waals surface area contributed by atoms with Gasteiger partial charge in [-0.3, -0.25) is 0 Å². The van der Waals surface area contributed by atoms with Gasteiger partial charge in [0.05, 0.1) is 0 Å². The van der Waals surface area contributed by atoms with Gasteiger partial charge < -0.3 is 14.3 Å². The number of hydrogen-bond donors (Lipinski definition) is 1. The molecule has 42 heavy (non-hydrogen) atoms. The third kappa shape index (κ3) is 5.20. The SMILES string of the molecule is OB(OC(c1ccccc1)(c1ccccc1)c1ccccc1)OC(c1ccccc1)(c1ccccc1)c1ccccc1. The minimum absolute atomic E-state index is 0.870. The van der Waals surface area contributed by atoms with Crippen LogP contribution in [0.4, 0.5) is 0 Å². The van der Waals surface area contributed by atoms with Gasteiger partial charge in [0.1, 0.15) is 11.2 Å². The lowest BCUT2D eigenvalue weighted by Crippen LogP contribution is -2.46. The second-order valence-electron chi connectivity index (χ2n) is 10.1. The van der Waals surface area contributed by atoms with Crippen LogP contribution in [0, 0.1) is 0 Å². The lowest BCUT2D eigenvalue weighted by Gasteiger charge is -2.40. The minimum atomic E-state index is -1.65. The average Bonchev–Trinajstić information content (AvgIpc) is 3.08. The maximum atomic E-state index is 12.0. The normalized spacial score (nSPS) is 11.6. The third-order valence-corrected chi connectivity index (χ3v) is 7.64. The first-order valence-electron chi connectivity index (χ1n) is 14.1. The van der Waals surface area contributed by atoms with Crippen LogP contribution < -0.4 is 0 Å². The fourth-order valence-electron chi connectivity index (χ4n) is 5.77. The van der Waals surface area contributed by atoms with Crippen LogP contribution in [-0.2, 0) is 20.5 Å². The zero-order valence-electron chi connectivity index (χ0n) is 23.2. The highest BCUT2D eigenvalue weighted by Gasteiger charge is 2.47. The molecule has 0 aliphatic carbocycles. The minimum Gasteiger partial charge on any atom is -0.402 e. The summed E-state index contributed by atoms with van der Waals surface area (Å²) < 4.78 is 13.7. The van der Waals surface area contributed by atoms with Gasteiger partial charge >= 0.3 is 7.32 Å². The molecule has 0 radical (unpaired) electrons. The molecular formula is C38H31BO3. The second kappa shape index (κ2) is 12.4. The molecule has 204 valence electrons. The van der Waals surface area contributed by atoms with Gasteiger partial charge in [-0.2, -0.15) is 0 Å². The molecule has 0 aliphatic rings. The van der Waals surface area contributed by atoms with E-state index in [4.69, 9.17) is 9.31 Å². The fourth-order valence-corrected chi connectivity index (χ4v) is 5.77. The molecular weight excluding hydrogens is 515 g/mol. The monoisotopic (exact) mass is 546 g/mol. The van der Waals surface area contributed by atoms with Crippen LogP contribution in [0.15, 0.2) is 182 Å². The van der Waals surface area contributed by atoms with Crippen molar-refractivity contribution in [3.63, 3.8) is 0 Å². The van der Waals surface area contributed by atoms with Gasteiger partial charge in [-0.15, -0.1) is 0 Å². The molecule has 0 heterocycles. The predicted molar refractivity (Wildman–Crippen MR) is 169 cm³/mol. The van der Waals surface area contributed by atoms with Crippen LogP contribution in [0.25, 0.3) is 0 Å². The summed E-state index contributed by atoms with van der Waals surface area (Å²) in [6.45, 7) is 0. The summed E-state index contributed by atoms with van der Waals surface area (Å²) in [4.78, 5) is 0. The molecule has 6 rings (SSSR count). The summed E-state index contributed by atoms with van der Waals surface area (Å²) in [5.41, 5.74) is 2.89. The van der Waals surface area contributed by atoms with Gasteiger partial charge in [-0.1, -0.05) is 182 Å². The second-order valence-corrected chi connectivity index (χ2v) is 10.1. The Hall–Kier alpha value is -4.74. The van der Waals surface area contributed by atoms with Crippen LogP contribution in [-0.4, -0.2) is 12.3 Å². The number of benzene rings is 6. The van der Waals surface area contributed by atoms with Crippen molar-refractivity contribution in [2.24, 2.45) is 0 Å². The van der Waals surface area contributed by atoms with Gasteiger partial charge in [-0.05, 0) is 33.4 Å². The Labute approximate surface area is 247 Å². The van der Waals surface area contributed by atoms with Crippen molar-refractivity contribution in [2.45, 2.75) is 11.2 Å². The van der Waals surface area contributed by atoms with Gasteiger partial charge in [0.25, 0.3) is 0 Å². The molecule has 3 nitrogen and oxygen atoms in total. The van der Waals surface area contributed by atoms with E-state index in [1.165, 1.54) is 0 Å². The van der Waals surface area contributed by atoms with Crippen molar-refractivity contribution in [3.8, 4) is 0 Å². The highest BCUT2D eigenvalue weighted by atomic mass is 16.7. The molecule has 0 atom stereocenters. The van der Waals surface area contributed by atoms with E-state index in [2.05, 4.69) is 0 Å². The molecule has 0 amide bonds. The molecule has 0 unspecified atom stereocenters. The van der Waals surface area contributed by atoms with Gasteiger partial charge in [-0.25, -0.2) is 0 Å². The molecule has 0 aliphatic heterocycles. The zero-order chi connectivity index (χ0) is 28.7. The Morgan fingerprint density at radius 3 is 0.643 bits per heavy atom. The highest BCUT2D eigenvalue weighted by molar-refractivity contribution is 6.35. The quantitative estimate of drug-likeness (QED) is 0.140. The maximum Gasteiger partial charge on any atom is 0.639 e. The highest BCUT2D eigenvalue weighted by Crippen LogP contribution is 2.44. The van der Waals surface area contributed by atoms with Crippen LogP contribution in [0.1, 0.15) is 33.4 Å². The largest absolute Gasteiger partial charge is 0.639 e. The molecule has 4 heteroatoms. The van der Waals surface area contributed by atoms with E-state index >= 15 is 0 Å². The first kappa shape index (κ1) is 27.4. The van der Waals surface area contributed by atoms with Gasteiger partial charge in [0.15, 0.2) is 0 Å². The smallest absolute Gasteiger partial charge is 0.402 e.